The van der Waals surface area contributed by atoms with Gasteiger partial charge in [-0.05, 0) is 43.7 Å². The van der Waals surface area contributed by atoms with Gasteiger partial charge in [0.05, 0.1) is 6.42 Å². The van der Waals surface area contributed by atoms with Crippen LogP contribution in [0, 0.1) is 6.92 Å². The van der Waals surface area contributed by atoms with Crippen LogP contribution >= 0.6 is 0 Å². The zero-order chi connectivity index (χ0) is 16.7. The smallest absolute Gasteiger partial charge is 0.271 e. The lowest BCUT2D eigenvalue weighted by molar-refractivity contribution is -0.115. The van der Waals surface area contributed by atoms with Crippen molar-refractivity contribution in [3.63, 3.8) is 0 Å². The molecule has 2 aromatic heterocycles. The molecule has 0 saturated carbocycles. The highest BCUT2D eigenvalue weighted by molar-refractivity contribution is 6.05. The second-order valence-electron chi connectivity index (χ2n) is 4.97. The number of rotatable bonds is 5. The number of aromatic nitrogens is 2. The summed E-state index contributed by atoms with van der Waals surface area (Å²) >= 11 is 0. The quantitative estimate of drug-likeness (QED) is 0.651. The predicted molar refractivity (Wildman–Crippen MR) is 87.0 cm³/mol. The summed E-state index contributed by atoms with van der Waals surface area (Å²) in [6, 6.07) is 6.78. The second kappa shape index (κ2) is 7.79. The number of nitrogens with one attached hydrogen (secondary N) is 2. The van der Waals surface area contributed by atoms with Crippen LogP contribution < -0.4 is 10.7 Å². The molecule has 23 heavy (non-hydrogen) atoms. The highest BCUT2D eigenvalue weighted by Crippen LogP contribution is 2.05. The van der Waals surface area contributed by atoms with E-state index in [9.17, 15) is 9.59 Å². The highest BCUT2D eigenvalue weighted by atomic mass is 16.2. The fourth-order valence-electron chi connectivity index (χ4n) is 1.78. The fraction of sp³-hybridized carbons (Fsp3) is 0.188. The molecule has 0 fully saturated rings. The van der Waals surface area contributed by atoms with Gasteiger partial charge in [0.1, 0.15) is 5.82 Å². The number of anilines is 1. The number of nitrogens with zero attached hydrogens (tertiary/aromatic N) is 3. The monoisotopic (exact) mass is 311 g/mol. The molecule has 0 unspecified atom stereocenters. The maximum absolute atomic E-state index is 11.9. The van der Waals surface area contributed by atoms with Crippen molar-refractivity contribution < 1.29 is 9.59 Å². The predicted octanol–water partition coefficient (Wildman–Crippen LogP) is 1.92. The van der Waals surface area contributed by atoms with Gasteiger partial charge in [0.2, 0.25) is 5.91 Å². The van der Waals surface area contributed by atoms with E-state index in [1.807, 2.05) is 13.0 Å². The molecule has 2 aromatic rings. The van der Waals surface area contributed by atoms with Crippen molar-refractivity contribution in [3.05, 3.63) is 54.0 Å². The molecule has 2 rings (SSSR count). The summed E-state index contributed by atoms with van der Waals surface area (Å²) in [6.45, 7) is 3.58. The van der Waals surface area contributed by atoms with Crippen LogP contribution in [0.5, 0.6) is 0 Å². The Morgan fingerprint density at radius 2 is 1.91 bits per heavy atom. The van der Waals surface area contributed by atoms with Gasteiger partial charge in [0.15, 0.2) is 0 Å². The van der Waals surface area contributed by atoms with Crippen molar-refractivity contribution in [2.75, 3.05) is 5.32 Å². The normalized spacial score (nSPS) is 11.0. The third kappa shape index (κ3) is 5.31. The van der Waals surface area contributed by atoms with E-state index in [0.717, 1.165) is 5.56 Å². The largest absolute Gasteiger partial charge is 0.310 e. The maximum atomic E-state index is 11.9. The molecule has 7 nitrogen and oxygen atoms in total. The van der Waals surface area contributed by atoms with Gasteiger partial charge in [0, 0.05) is 29.9 Å². The first-order valence-corrected chi connectivity index (χ1v) is 7.00. The number of pyridine rings is 2. The number of carbonyl (C=O) groups excluding carboxylic acids is 2. The lowest BCUT2D eigenvalue weighted by Gasteiger charge is -2.05. The number of hydrogen-bond acceptors (Lipinski definition) is 5. The summed E-state index contributed by atoms with van der Waals surface area (Å²) in [5.41, 5.74) is 4.34. The average Bonchev–Trinajstić information content (AvgIpc) is 2.53. The van der Waals surface area contributed by atoms with Crippen molar-refractivity contribution in [2.45, 2.75) is 20.3 Å². The molecule has 0 aromatic carbocycles. The Hall–Kier alpha value is -3.09. The number of hydrazone groups is 1. The van der Waals surface area contributed by atoms with Crippen LogP contribution in [0.3, 0.4) is 0 Å². The molecule has 0 aliphatic rings. The zero-order valence-electron chi connectivity index (χ0n) is 12.9. The molecule has 7 heteroatoms. The summed E-state index contributed by atoms with van der Waals surface area (Å²) in [5, 5.41) is 6.60. The molecule has 0 spiro atoms. The molecule has 2 N–H and O–H groups in total. The van der Waals surface area contributed by atoms with E-state index in [2.05, 4.69) is 25.8 Å². The number of amides is 2. The molecule has 2 amide bonds. The zero-order valence-corrected chi connectivity index (χ0v) is 12.9. The SMILES string of the molecule is C/C(CC(=O)Nc1cc(C)ccn1)=N/NC(=O)c1ccncc1. The van der Waals surface area contributed by atoms with Crippen LogP contribution in [-0.2, 0) is 4.79 Å². The van der Waals surface area contributed by atoms with Gasteiger partial charge in [-0.2, -0.15) is 5.10 Å². The highest BCUT2D eigenvalue weighted by Gasteiger charge is 2.07. The topological polar surface area (TPSA) is 96.3 Å². The third-order valence-electron chi connectivity index (χ3n) is 2.89. The van der Waals surface area contributed by atoms with Gasteiger partial charge in [-0.3, -0.25) is 14.6 Å². The summed E-state index contributed by atoms with van der Waals surface area (Å²) in [5.74, 6) is -0.112. The third-order valence-corrected chi connectivity index (χ3v) is 2.89. The number of carbonyl (C=O) groups is 2. The van der Waals surface area contributed by atoms with E-state index in [1.54, 1.807) is 31.3 Å². The van der Waals surface area contributed by atoms with Gasteiger partial charge >= 0.3 is 0 Å². The first-order chi connectivity index (χ1) is 11.0. The van der Waals surface area contributed by atoms with Crippen LogP contribution in [0.4, 0.5) is 5.82 Å². The van der Waals surface area contributed by atoms with Crippen molar-refractivity contribution >= 4 is 23.3 Å². The summed E-state index contributed by atoms with van der Waals surface area (Å²) in [6.07, 6.45) is 4.73. The van der Waals surface area contributed by atoms with Gasteiger partial charge in [-0.1, -0.05) is 0 Å². The number of hydrogen-bond donors (Lipinski definition) is 2. The minimum Gasteiger partial charge on any atom is -0.310 e. The average molecular weight is 311 g/mol. The molecule has 0 atom stereocenters. The van der Waals surface area contributed by atoms with Crippen LogP contribution in [0.2, 0.25) is 0 Å². The van der Waals surface area contributed by atoms with Gasteiger partial charge in [-0.15, -0.1) is 0 Å². The second-order valence-corrected chi connectivity index (χ2v) is 4.97. The number of aryl methyl sites for hydroxylation is 1. The van der Waals surface area contributed by atoms with E-state index >= 15 is 0 Å². The van der Waals surface area contributed by atoms with Crippen LogP contribution in [0.1, 0.15) is 29.3 Å². The van der Waals surface area contributed by atoms with Gasteiger partial charge in [0.25, 0.3) is 5.91 Å². The van der Waals surface area contributed by atoms with Crippen molar-refractivity contribution in [2.24, 2.45) is 5.10 Å². The van der Waals surface area contributed by atoms with E-state index in [1.165, 1.54) is 12.4 Å². The maximum Gasteiger partial charge on any atom is 0.271 e. The van der Waals surface area contributed by atoms with E-state index in [-0.39, 0.29) is 18.2 Å². The molecular formula is C16H17N5O2. The Morgan fingerprint density at radius 3 is 2.61 bits per heavy atom. The minimum absolute atomic E-state index is 0.0618. The minimum atomic E-state index is -0.354. The standard InChI is InChI=1S/C16H17N5O2/c1-11-3-8-18-14(9-11)19-15(22)10-12(2)20-21-16(23)13-4-6-17-7-5-13/h3-9H,10H2,1-2H3,(H,21,23)(H,18,19,22)/b20-12-. The Bertz CT molecular complexity index is 728. The van der Waals surface area contributed by atoms with Crippen molar-refractivity contribution in [1.82, 2.24) is 15.4 Å². The van der Waals surface area contributed by atoms with Crippen LogP contribution in [0.15, 0.2) is 48.0 Å². The molecular weight excluding hydrogens is 294 g/mol. The Morgan fingerprint density at radius 1 is 1.17 bits per heavy atom. The van der Waals surface area contributed by atoms with E-state index in [0.29, 0.717) is 17.1 Å². The molecule has 0 saturated heterocycles. The molecule has 0 bridgehead atoms. The fourth-order valence-corrected chi connectivity index (χ4v) is 1.78. The molecule has 0 radical (unpaired) electrons. The van der Waals surface area contributed by atoms with Gasteiger partial charge in [-0.25, -0.2) is 10.4 Å². The van der Waals surface area contributed by atoms with Gasteiger partial charge < -0.3 is 5.32 Å². The molecule has 0 aliphatic carbocycles. The van der Waals surface area contributed by atoms with E-state index < -0.39 is 0 Å². The molecule has 118 valence electrons. The Balaban J connectivity index is 1.87. The molecule has 0 aliphatic heterocycles. The van der Waals surface area contributed by atoms with Crippen molar-refractivity contribution in [1.29, 1.82) is 0 Å². The molecule has 2 heterocycles. The first-order valence-electron chi connectivity index (χ1n) is 7.00. The summed E-state index contributed by atoms with van der Waals surface area (Å²) in [7, 11) is 0. The summed E-state index contributed by atoms with van der Waals surface area (Å²) < 4.78 is 0. The Kier molecular flexibility index (Phi) is 5.51. The lowest BCUT2D eigenvalue weighted by Crippen LogP contribution is -2.21. The Labute approximate surface area is 133 Å². The summed E-state index contributed by atoms with van der Waals surface area (Å²) in [4.78, 5) is 31.6. The van der Waals surface area contributed by atoms with E-state index in [4.69, 9.17) is 0 Å². The first kappa shape index (κ1) is 16.3. The lowest BCUT2D eigenvalue weighted by atomic mass is 10.2. The van der Waals surface area contributed by atoms with Crippen LogP contribution in [-0.4, -0.2) is 27.5 Å². The van der Waals surface area contributed by atoms with Crippen LogP contribution in [0.25, 0.3) is 0 Å². The van der Waals surface area contributed by atoms with Crippen molar-refractivity contribution in [3.8, 4) is 0 Å².